The van der Waals surface area contributed by atoms with Gasteiger partial charge in [-0.15, -0.1) is 20.4 Å². The van der Waals surface area contributed by atoms with Gasteiger partial charge in [0.05, 0.1) is 4.90 Å². The van der Waals surface area contributed by atoms with Gasteiger partial charge in [-0.05, 0) is 41.3 Å². The van der Waals surface area contributed by atoms with Gasteiger partial charge in [0.2, 0.25) is 6.20 Å². The Balaban J connectivity index is 1.41. The predicted molar refractivity (Wildman–Crippen MR) is 107 cm³/mol. The number of hydrogen-bond donors (Lipinski definition) is 3. The van der Waals surface area contributed by atoms with Gasteiger partial charge < -0.3 is 15.9 Å². The summed E-state index contributed by atoms with van der Waals surface area (Å²) < 4.78 is 3.88. The molecule has 0 bridgehead atoms. The minimum Gasteiger partial charge on any atom is -0.508 e. The molecule has 0 amide bonds. The van der Waals surface area contributed by atoms with E-state index in [0.717, 1.165) is 17.4 Å². The van der Waals surface area contributed by atoms with Gasteiger partial charge in [0.25, 0.3) is 0 Å². The standard InChI is InChI=1S/C13H8N6O2S6/c14-8-4-15-9(23-8)24-11-17-19-13(26-11)27-12-18-16-10(25-12)22-7-3-5(20)1-2-6(7)21/h1-4,20-21H,14H2/p+1. The lowest BCUT2D eigenvalue weighted by Crippen LogP contribution is -1.96. The molecule has 3 heterocycles. The number of aromatic nitrogens is 5. The number of nitrogens with zero attached hydrogens (tertiary/aromatic N) is 4. The number of aromatic amines is 1. The fourth-order valence-corrected chi connectivity index (χ4v) is 8.04. The first-order valence-corrected chi connectivity index (χ1v) is 11.9. The number of nitrogen functional groups attached to an aromatic ring is 1. The zero-order chi connectivity index (χ0) is 18.8. The number of rotatable bonds is 6. The highest BCUT2D eigenvalue weighted by atomic mass is 32.2. The Kier molecular flexibility index (Phi) is 5.70. The Labute approximate surface area is 177 Å². The molecule has 4 rings (SSSR count). The number of hydrogen-bond acceptors (Lipinski definition) is 13. The number of aromatic hydroxyl groups is 2. The third-order valence-corrected chi connectivity index (χ3v) is 8.87. The van der Waals surface area contributed by atoms with Crippen molar-refractivity contribution in [3.05, 3.63) is 24.4 Å². The van der Waals surface area contributed by atoms with Crippen LogP contribution in [0.15, 0.2) is 51.0 Å². The summed E-state index contributed by atoms with van der Waals surface area (Å²) in [6.45, 7) is 0. The summed E-state index contributed by atoms with van der Waals surface area (Å²) in [6, 6.07) is 4.35. The Morgan fingerprint density at radius 3 is 2.11 bits per heavy atom. The molecule has 0 aliphatic heterocycles. The third-order valence-electron chi connectivity index (χ3n) is 2.81. The van der Waals surface area contributed by atoms with Gasteiger partial charge in [0, 0.05) is 11.8 Å². The SMILES string of the molecule is Nc1c[nH+]c(Sc2nnc(Sc3nnc(Sc4cc(O)ccc4O)s3)s2)s1. The van der Waals surface area contributed by atoms with Crippen LogP contribution in [0, 0.1) is 0 Å². The number of anilines is 1. The van der Waals surface area contributed by atoms with Crippen molar-refractivity contribution in [2.24, 2.45) is 0 Å². The average molecular weight is 474 g/mol. The second kappa shape index (κ2) is 8.20. The van der Waals surface area contributed by atoms with Crippen LogP contribution in [0.1, 0.15) is 0 Å². The Hall–Kier alpha value is -1.58. The topological polar surface area (TPSA) is 132 Å². The van der Waals surface area contributed by atoms with Crippen LogP contribution in [0.2, 0.25) is 0 Å². The van der Waals surface area contributed by atoms with Gasteiger partial charge in [-0.25, -0.2) is 0 Å². The molecule has 0 radical (unpaired) electrons. The number of benzene rings is 1. The van der Waals surface area contributed by atoms with Crippen molar-refractivity contribution in [1.82, 2.24) is 20.4 Å². The summed E-state index contributed by atoms with van der Waals surface area (Å²) in [5.41, 5.74) is 5.71. The molecule has 0 spiro atoms. The van der Waals surface area contributed by atoms with Gasteiger partial charge in [-0.2, -0.15) is 4.98 Å². The number of thiazole rings is 1. The second-order valence-electron chi connectivity index (χ2n) is 4.71. The Bertz CT molecular complexity index is 1080. The Morgan fingerprint density at radius 2 is 1.48 bits per heavy atom. The minimum atomic E-state index is 0.0815. The van der Waals surface area contributed by atoms with Crippen LogP contribution in [0.4, 0.5) is 5.00 Å². The molecule has 0 aliphatic carbocycles. The molecule has 0 unspecified atom stereocenters. The molecular formula is C13H9N6O2S6+. The number of nitrogens with one attached hydrogen (secondary N) is 1. The van der Waals surface area contributed by atoms with Gasteiger partial charge >= 0.3 is 4.34 Å². The van der Waals surface area contributed by atoms with Gasteiger partial charge in [0.15, 0.2) is 22.4 Å². The van der Waals surface area contributed by atoms with E-state index in [4.69, 9.17) is 5.73 Å². The molecule has 5 N–H and O–H groups in total. The minimum absolute atomic E-state index is 0.0815. The molecule has 0 atom stereocenters. The monoisotopic (exact) mass is 473 g/mol. The molecule has 4 aromatic rings. The summed E-state index contributed by atoms with van der Waals surface area (Å²) in [6.07, 6.45) is 1.74. The first-order valence-electron chi connectivity index (χ1n) is 7.05. The van der Waals surface area contributed by atoms with Crippen molar-refractivity contribution in [3.8, 4) is 11.5 Å². The largest absolute Gasteiger partial charge is 0.508 e. The molecule has 3 aromatic heterocycles. The fraction of sp³-hybridized carbons (Fsp3) is 0. The van der Waals surface area contributed by atoms with Crippen LogP contribution in [0.3, 0.4) is 0 Å². The van der Waals surface area contributed by atoms with Crippen molar-refractivity contribution < 1.29 is 15.2 Å². The molecule has 0 aliphatic rings. The van der Waals surface area contributed by atoms with E-state index in [2.05, 4.69) is 25.4 Å². The highest BCUT2D eigenvalue weighted by Crippen LogP contribution is 2.42. The van der Waals surface area contributed by atoms with Gasteiger partial charge in [-0.1, -0.05) is 34.4 Å². The smallest absolute Gasteiger partial charge is 0.304 e. The van der Waals surface area contributed by atoms with E-state index in [1.54, 1.807) is 6.20 Å². The average Bonchev–Trinajstić information content (AvgIpc) is 3.35. The van der Waals surface area contributed by atoms with Crippen LogP contribution < -0.4 is 10.7 Å². The van der Waals surface area contributed by atoms with Crippen molar-refractivity contribution in [3.63, 3.8) is 0 Å². The normalized spacial score (nSPS) is 11.1. The van der Waals surface area contributed by atoms with E-state index in [1.807, 2.05) is 0 Å². The van der Waals surface area contributed by atoms with E-state index in [1.165, 1.54) is 87.5 Å². The van der Waals surface area contributed by atoms with Crippen LogP contribution >= 0.6 is 69.3 Å². The molecule has 0 fully saturated rings. The lowest BCUT2D eigenvalue weighted by molar-refractivity contribution is -0.415. The van der Waals surface area contributed by atoms with E-state index in [9.17, 15) is 10.2 Å². The number of phenolic OH excluding ortho intramolecular Hbond substituents is 2. The third kappa shape index (κ3) is 4.83. The predicted octanol–water partition coefficient (Wildman–Crippen LogP) is 3.71. The Morgan fingerprint density at radius 1 is 0.852 bits per heavy atom. The molecule has 138 valence electrons. The maximum absolute atomic E-state index is 9.85. The number of H-pyrrole nitrogens is 1. The number of nitrogens with two attached hydrogens (primary N) is 1. The van der Waals surface area contributed by atoms with Crippen LogP contribution in [-0.2, 0) is 0 Å². The summed E-state index contributed by atoms with van der Waals surface area (Å²) in [7, 11) is 0. The quantitative estimate of drug-likeness (QED) is 0.356. The van der Waals surface area contributed by atoms with Crippen molar-refractivity contribution in [2.75, 3.05) is 5.73 Å². The zero-order valence-electron chi connectivity index (χ0n) is 13.0. The highest BCUT2D eigenvalue weighted by Gasteiger charge is 2.16. The molecule has 27 heavy (non-hydrogen) atoms. The lowest BCUT2D eigenvalue weighted by atomic mass is 10.3. The molecule has 8 nitrogen and oxygen atoms in total. The summed E-state index contributed by atoms with van der Waals surface area (Å²) in [4.78, 5) is 3.59. The molecule has 14 heteroatoms. The summed E-state index contributed by atoms with van der Waals surface area (Å²) >= 11 is 8.39. The van der Waals surface area contributed by atoms with Crippen LogP contribution in [0.5, 0.6) is 11.5 Å². The van der Waals surface area contributed by atoms with E-state index in [0.29, 0.717) is 14.2 Å². The second-order valence-corrected chi connectivity index (χ2v) is 12.0. The van der Waals surface area contributed by atoms with Crippen molar-refractivity contribution in [2.45, 2.75) is 26.6 Å². The van der Waals surface area contributed by atoms with Crippen molar-refractivity contribution in [1.29, 1.82) is 0 Å². The summed E-state index contributed by atoms with van der Waals surface area (Å²) in [5.74, 6) is 0.164. The molecule has 0 saturated carbocycles. The molecular weight excluding hydrogens is 465 g/mol. The maximum atomic E-state index is 9.85. The van der Waals surface area contributed by atoms with Gasteiger partial charge in [-0.3, -0.25) is 0 Å². The van der Waals surface area contributed by atoms with E-state index < -0.39 is 0 Å². The molecule has 0 saturated heterocycles. The van der Waals surface area contributed by atoms with Crippen LogP contribution in [-0.4, -0.2) is 30.6 Å². The van der Waals surface area contributed by atoms with Crippen LogP contribution in [0.25, 0.3) is 0 Å². The zero-order valence-corrected chi connectivity index (χ0v) is 17.9. The van der Waals surface area contributed by atoms with Gasteiger partial charge in [0.1, 0.15) is 11.5 Å². The highest BCUT2D eigenvalue weighted by molar-refractivity contribution is 8.05. The van der Waals surface area contributed by atoms with Crippen molar-refractivity contribution >= 4 is 74.3 Å². The first-order chi connectivity index (χ1) is 13.0. The fourth-order valence-electron chi connectivity index (χ4n) is 1.74. The van der Waals surface area contributed by atoms with E-state index in [-0.39, 0.29) is 11.5 Å². The maximum Gasteiger partial charge on any atom is 0.304 e. The van der Waals surface area contributed by atoms with E-state index >= 15 is 0 Å². The number of phenols is 2. The molecule has 1 aromatic carbocycles. The lowest BCUT2D eigenvalue weighted by Gasteiger charge is -2.01. The summed E-state index contributed by atoms with van der Waals surface area (Å²) in [5, 5.41) is 36.7. The first kappa shape index (κ1) is 18.8.